The molecule has 2 amide bonds. The summed E-state index contributed by atoms with van der Waals surface area (Å²) >= 11 is 5.83. The maximum atomic E-state index is 13.5. The zero-order valence-electron chi connectivity index (χ0n) is 18.2. The van der Waals surface area contributed by atoms with E-state index in [1.54, 1.807) is 4.90 Å². The third kappa shape index (κ3) is 5.24. The third-order valence-electron chi connectivity index (χ3n) is 5.18. The van der Waals surface area contributed by atoms with Crippen LogP contribution in [0, 0.1) is 5.82 Å². The van der Waals surface area contributed by atoms with E-state index in [1.165, 1.54) is 25.3 Å². The first-order valence-corrected chi connectivity index (χ1v) is 10.8. The number of urea groups is 1. The molecule has 2 aromatic rings. The van der Waals surface area contributed by atoms with E-state index in [1.807, 2.05) is 26.0 Å². The molecule has 1 aliphatic heterocycles. The highest BCUT2D eigenvalue weighted by atomic mass is 35.5. The summed E-state index contributed by atoms with van der Waals surface area (Å²) in [5.41, 5.74) is 2.12. The molecule has 0 saturated heterocycles. The van der Waals surface area contributed by atoms with Crippen LogP contribution in [0.4, 0.5) is 14.9 Å². The van der Waals surface area contributed by atoms with Crippen LogP contribution < -0.4 is 14.8 Å². The lowest BCUT2D eigenvalue weighted by Gasteiger charge is -2.37. The molecule has 0 spiro atoms. The number of anilines is 1. The molecule has 172 valence electrons. The van der Waals surface area contributed by atoms with Gasteiger partial charge < -0.3 is 24.4 Å². The molecular formula is C23H26ClFN2O5. The predicted molar refractivity (Wildman–Crippen MR) is 119 cm³/mol. The largest absolute Gasteiger partial charge is 0.490 e. The van der Waals surface area contributed by atoms with Crippen molar-refractivity contribution in [3.8, 4) is 11.5 Å². The second kappa shape index (κ2) is 10.5. The van der Waals surface area contributed by atoms with Crippen LogP contribution in [0.1, 0.15) is 37.4 Å². The lowest BCUT2D eigenvalue weighted by Crippen LogP contribution is -2.43. The van der Waals surface area contributed by atoms with Gasteiger partial charge in [0.1, 0.15) is 5.82 Å². The number of nitrogens with one attached hydrogen (secondary N) is 1. The van der Waals surface area contributed by atoms with E-state index in [2.05, 4.69) is 5.32 Å². The number of carbonyl (C=O) groups excluding carboxylic acids is 2. The van der Waals surface area contributed by atoms with Gasteiger partial charge in [-0.25, -0.2) is 9.18 Å². The van der Waals surface area contributed by atoms with Crippen LogP contribution in [0.25, 0.3) is 0 Å². The number of carbonyl (C=O) groups is 2. The molecule has 9 heteroatoms. The van der Waals surface area contributed by atoms with Gasteiger partial charge >= 0.3 is 12.0 Å². The van der Waals surface area contributed by atoms with Crippen molar-refractivity contribution in [3.63, 3.8) is 0 Å². The number of ether oxygens (including phenoxy) is 3. The lowest BCUT2D eigenvalue weighted by molar-refractivity contribution is -0.141. The second-order valence-electron chi connectivity index (χ2n) is 7.16. The highest BCUT2D eigenvalue weighted by molar-refractivity contribution is 6.31. The van der Waals surface area contributed by atoms with Gasteiger partial charge in [-0.15, -0.1) is 0 Å². The van der Waals surface area contributed by atoms with Crippen LogP contribution >= 0.6 is 11.6 Å². The molecule has 1 aliphatic rings. The summed E-state index contributed by atoms with van der Waals surface area (Å²) in [4.78, 5) is 26.8. The first kappa shape index (κ1) is 23.7. The molecule has 0 bridgehead atoms. The van der Waals surface area contributed by atoms with E-state index in [0.29, 0.717) is 43.4 Å². The van der Waals surface area contributed by atoms with Crippen LogP contribution in [0.2, 0.25) is 5.02 Å². The summed E-state index contributed by atoms with van der Waals surface area (Å²) in [5.74, 6) is 0.158. The Hall–Kier alpha value is -3.00. The molecule has 1 atom stereocenters. The van der Waals surface area contributed by atoms with Gasteiger partial charge in [-0.3, -0.25) is 4.79 Å². The zero-order chi connectivity index (χ0) is 23.3. The Kier molecular flexibility index (Phi) is 7.80. The summed E-state index contributed by atoms with van der Waals surface area (Å²) in [6.07, 6.45) is 0.539. The standard InChI is InChI=1S/C23H26ClFN2O5/c1-4-31-20-10-14-8-9-27(23(29)26-15-6-7-18(25)17(24)11-15)19(13-22(28)30-3)16(14)12-21(20)32-5-2/h6-7,10-12,19H,4-5,8-9,13H2,1-3H3,(H,26,29). The molecule has 1 unspecified atom stereocenters. The van der Waals surface area contributed by atoms with Crippen molar-refractivity contribution in [3.05, 3.63) is 52.3 Å². The Morgan fingerprint density at radius 1 is 1.16 bits per heavy atom. The number of esters is 1. The Morgan fingerprint density at radius 3 is 2.47 bits per heavy atom. The van der Waals surface area contributed by atoms with Crippen LogP contribution in [0.5, 0.6) is 11.5 Å². The van der Waals surface area contributed by atoms with Gasteiger partial charge in [0.2, 0.25) is 0 Å². The first-order valence-electron chi connectivity index (χ1n) is 10.4. The molecule has 2 aromatic carbocycles. The van der Waals surface area contributed by atoms with Gasteiger partial charge in [0.15, 0.2) is 11.5 Å². The van der Waals surface area contributed by atoms with Crippen LogP contribution in [-0.4, -0.2) is 43.8 Å². The molecule has 7 nitrogen and oxygen atoms in total. The number of rotatable bonds is 7. The van der Waals surface area contributed by atoms with Crippen molar-refractivity contribution in [2.75, 3.05) is 32.2 Å². The number of halogens is 2. The highest BCUT2D eigenvalue weighted by Gasteiger charge is 2.34. The SMILES string of the molecule is CCOc1cc2c(cc1OCC)C(CC(=O)OC)N(C(=O)Nc1ccc(F)c(Cl)c1)CC2. The van der Waals surface area contributed by atoms with Gasteiger partial charge in [-0.05, 0) is 61.7 Å². The molecule has 0 fully saturated rings. The van der Waals surface area contributed by atoms with Crippen molar-refractivity contribution in [1.82, 2.24) is 4.90 Å². The summed E-state index contributed by atoms with van der Waals surface area (Å²) in [7, 11) is 1.31. The van der Waals surface area contributed by atoms with E-state index >= 15 is 0 Å². The number of methoxy groups -OCH3 is 1. The quantitative estimate of drug-likeness (QED) is 0.585. The Balaban J connectivity index is 1.95. The van der Waals surface area contributed by atoms with Crippen molar-refractivity contribution in [2.45, 2.75) is 32.7 Å². The molecule has 1 N–H and O–H groups in total. The molecule has 0 aliphatic carbocycles. The Bertz CT molecular complexity index is 1000. The average Bonchev–Trinajstić information content (AvgIpc) is 2.77. The average molecular weight is 465 g/mol. The van der Waals surface area contributed by atoms with Crippen molar-refractivity contribution in [1.29, 1.82) is 0 Å². The van der Waals surface area contributed by atoms with Gasteiger partial charge in [0, 0.05) is 12.2 Å². The van der Waals surface area contributed by atoms with E-state index in [4.69, 9.17) is 25.8 Å². The molecule has 3 rings (SSSR count). The molecule has 1 heterocycles. The zero-order valence-corrected chi connectivity index (χ0v) is 19.0. The normalized spacial score (nSPS) is 15.0. The minimum absolute atomic E-state index is 0.0271. The highest BCUT2D eigenvalue weighted by Crippen LogP contribution is 2.40. The Morgan fingerprint density at radius 2 is 1.84 bits per heavy atom. The van der Waals surface area contributed by atoms with Gasteiger partial charge in [-0.1, -0.05) is 11.6 Å². The van der Waals surface area contributed by atoms with E-state index in [9.17, 15) is 14.0 Å². The van der Waals surface area contributed by atoms with Crippen molar-refractivity contribution in [2.24, 2.45) is 0 Å². The van der Waals surface area contributed by atoms with Crippen LogP contribution in [-0.2, 0) is 16.0 Å². The number of fused-ring (bicyclic) bond motifs is 1. The minimum Gasteiger partial charge on any atom is -0.490 e. The van der Waals surface area contributed by atoms with Gasteiger partial charge in [-0.2, -0.15) is 0 Å². The second-order valence-corrected chi connectivity index (χ2v) is 7.57. The molecule has 0 radical (unpaired) electrons. The molecule has 0 saturated carbocycles. The Labute approximate surface area is 191 Å². The fraction of sp³-hybridized carbons (Fsp3) is 0.391. The lowest BCUT2D eigenvalue weighted by atomic mass is 9.90. The predicted octanol–water partition coefficient (Wildman–Crippen LogP) is 4.97. The van der Waals surface area contributed by atoms with Gasteiger partial charge in [0.05, 0.1) is 37.8 Å². The molecule has 32 heavy (non-hydrogen) atoms. The summed E-state index contributed by atoms with van der Waals surface area (Å²) in [5, 5.41) is 2.64. The van der Waals surface area contributed by atoms with Gasteiger partial charge in [0.25, 0.3) is 0 Å². The maximum absolute atomic E-state index is 13.5. The third-order valence-corrected chi connectivity index (χ3v) is 5.47. The number of hydrogen-bond donors (Lipinski definition) is 1. The summed E-state index contributed by atoms with van der Waals surface area (Å²) in [6.45, 7) is 5.06. The monoisotopic (exact) mass is 464 g/mol. The van der Waals surface area contributed by atoms with E-state index in [-0.39, 0.29) is 11.4 Å². The fourth-order valence-electron chi connectivity index (χ4n) is 3.72. The molecule has 0 aromatic heterocycles. The summed E-state index contributed by atoms with van der Waals surface area (Å²) in [6, 6.07) is 6.67. The number of benzene rings is 2. The van der Waals surface area contributed by atoms with E-state index < -0.39 is 23.9 Å². The first-order chi connectivity index (χ1) is 15.4. The van der Waals surface area contributed by atoms with E-state index in [0.717, 1.165) is 11.1 Å². The van der Waals surface area contributed by atoms with Crippen LogP contribution in [0.3, 0.4) is 0 Å². The maximum Gasteiger partial charge on any atom is 0.322 e. The minimum atomic E-state index is -0.575. The van der Waals surface area contributed by atoms with Crippen LogP contribution in [0.15, 0.2) is 30.3 Å². The summed E-state index contributed by atoms with van der Waals surface area (Å²) < 4.78 is 29.8. The number of amides is 2. The number of nitrogens with zero attached hydrogens (tertiary/aromatic N) is 1. The van der Waals surface area contributed by atoms with Crippen molar-refractivity contribution >= 4 is 29.3 Å². The smallest absolute Gasteiger partial charge is 0.322 e. The number of hydrogen-bond acceptors (Lipinski definition) is 5. The molecular weight excluding hydrogens is 439 g/mol. The fourth-order valence-corrected chi connectivity index (χ4v) is 3.90. The van der Waals surface area contributed by atoms with Crippen molar-refractivity contribution < 1.29 is 28.2 Å². The topological polar surface area (TPSA) is 77.1 Å².